The van der Waals surface area contributed by atoms with Crippen LogP contribution in [-0.2, 0) is 16.0 Å². The first-order chi connectivity index (χ1) is 15.9. The second-order valence-electron chi connectivity index (χ2n) is 7.20. The molecular formula is C24H23N3O6. The van der Waals surface area contributed by atoms with Gasteiger partial charge < -0.3 is 20.3 Å². The number of amides is 1. The van der Waals surface area contributed by atoms with Gasteiger partial charge in [0, 0.05) is 18.1 Å². The van der Waals surface area contributed by atoms with Crippen molar-refractivity contribution in [2.75, 3.05) is 20.3 Å². The second kappa shape index (κ2) is 11.1. The number of nitrogens with one attached hydrogen (secondary N) is 1. The van der Waals surface area contributed by atoms with Crippen LogP contribution >= 0.6 is 0 Å². The molecule has 5 N–H and O–H groups in total. The molecule has 0 saturated carbocycles. The van der Waals surface area contributed by atoms with Crippen molar-refractivity contribution < 1.29 is 29.4 Å². The van der Waals surface area contributed by atoms with Crippen molar-refractivity contribution in [1.82, 2.24) is 10.3 Å². The number of methoxy groups -OCH3 is 1. The van der Waals surface area contributed by atoms with Gasteiger partial charge in [0.15, 0.2) is 0 Å². The first-order valence-corrected chi connectivity index (χ1v) is 9.97. The zero-order chi connectivity index (χ0) is 23.8. The van der Waals surface area contributed by atoms with Crippen LogP contribution < -0.4 is 11.2 Å². The number of aromatic nitrogens is 1. The SMILES string of the molecule is COC[C@H](Cc1ccc(O)cc1)NC(=O)c1cc(C(=O)O)c2cc(C#CCON)ccc2n1. The minimum Gasteiger partial charge on any atom is -0.508 e. The van der Waals surface area contributed by atoms with Gasteiger partial charge in [-0.15, -0.1) is 0 Å². The molecule has 1 atom stereocenters. The van der Waals surface area contributed by atoms with Crippen LogP contribution in [0.1, 0.15) is 32.0 Å². The van der Waals surface area contributed by atoms with Gasteiger partial charge in [0.05, 0.1) is 23.7 Å². The number of benzene rings is 2. The molecule has 2 aromatic carbocycles. The summed E-state index contributed by atoms with van der Waals surface area (Å²) in [4.78, 5) is 33.6. The summed E-state index contributed by atoms with van der Waals surface area (Å²) in [5.74, 6) is 8.90. The average Bonchev–Trinajstić information content (AvgIpc) is 2.80. The number of rotatable bonds is 8. The molecule has 1 amide bonds. The lowest BCUT2D eigenvalue weighted by molar-refractivity contribution is 0.0699. The summed E-state index contributed by atoms with van der Waals surface area (Å²) in [7, 11) is 1.52. The molecule has 0 spiro atoms. The van der Waals surface area contributed by atoms with Crippen LogP contribution in [-0.4, -0.2) is 53.4 Å². The van der Waals surface area contributed by atoms with Crippen LogP contribution in [0.5, 0.6) is 5.75 Å². The third-order valence-electron chi connectivity index (χ3n) is 4.78. The van der Waals surface area contributed by atoms with Gasteiger partial charge in [-0.1, -0.05) is 24.0 Å². The number of aromatic carboxylic acids is 1. The molecule has 9 nitrogen and oxygen atoms in total. The van der Waals surface area contributed by atoms with E-state index in [2.05, 4.69) is 27.0 Å². The Hall–Kier alpha value is -3.97. The number of phenolic OH excluding ortho intramolecular Hbond substituents is 1. The number of carboxylic acids is 1. The number of aromatic hydroxyl groups is 1. The average molecular weight is 449 g/mol. The molecule has 0 bridgehead atoms. The Morgan fingerprint density at radius 1 is 1.18 bits per heavy atom. The number of ether oxygens (including phenoxy) is 1. The molecule has 170 valence electrons. The Labute approximate surface area is 190 Å². The second-order valence-corrected chi connectivity index (χ2v) is 7.20. The molecular weight excluding hydrogens is 426 g/mol. The molecule has 1 aromatic heterocycles. The van der Waals surface area contributed by atoms with E-state index in [4.69, 9.17) is 10.6 Å². The predicted octanol–water partition coefficient (Wildman–Crippen LogP) is 1.87. The molecule has 0 saturated heterocycles. The van der Waals surface area contributed by atoms with Gasteiger partial charge in [0.25, 0.3) is 5.91 Å². The Morgan fingerprint density at radius 3 is 2.61 bits per heavy atom. The van der Waals surface area contributed by atoms with Crippen molar-refractivity contribution in [3.05, 3.63) is 70.9 Å². The largest absolute Gasteiger partial charge is 0.508 e. The van der Waals surface area contributed by atoms with Crippen LogP contribution in [0.2, 0.25) is 0 Å². The van der Waals surface area contributed by atoms with Gasteiger partial charge in [0.2, 0.25) is 0 Å². The molecule has 3 rings (SSSR count). The zero-order valence-corrected chi connectivity index (χ0v) is 17.9. The maximum absolute atomic E-state index is 12.9. The normalized spacial score (nSPS) is 11.5. The van der Waals surface area contributed by atoms with Crippen LogP contribution in [0.4, 0.5) is 0 Å². The molecule has 0 aliphatic heterocycles. The third-order valence-corrected chi connectivity index (χ3v) is 4.78. The van der Waals surface area contributed by atoms with Gasteiger partial charge in [-0.2, -0.15) is 0 Å². The van der Waals surface area contributed by atoms with Crippen molar-refractivity contribution in [2.24, 2.45) is 5.90 Å². The van der Waals surface area contributed by atoms with Gasteiger partial charge in [-0.05, 0) is 48.4 Å². The summed E-state index contributed by atoms with van der Waals surface area (Å²) in [5.41, 5.74) is 1.71. The van der Waals surface area contributed by atoms with E-state index in [-0.39, 0.29) is 36.3 Å². The first-order valence-electron chi connectivity index (χ1n) is 9.97. The lowest BCUT2D eigenvalue weighted by atomic mass is 10.0. The number of phenols is 1. The van der Waals surface area contributed by atoms with E-state index in [0.29, 0.717) is 22.9 Å². The van der Waals surface area contributed by atoms with Crippen molar-refractivity contribution in [1.29, 1.82) is 0 Å². The monoisotopic (exact) mass is 449 g/mol. The molecule has 0 unspecified atom stereocenters. The smallest absolute Gasteiger partial charge is 0.336 e. The van der Waals surface area contributed by atoms with Crippen LogP contribution in [0.25, 0.3) is 10.9 Å². The van der Waals surface area contributed by atoms with Gasteiger partial charge in [0.1, 0.15) is 18.1 Å². The highest BCUT2D eigenvalue weighted by Crippen LogP contribution is 2.21. The number of pyridine rings is 1. The fourth-order valence-electron chi connectivity index (χ4n) is 3.31. The molecule has 1 heterocycles. The number of carbonyl (C=O) groups is 2. The van der Waals surface area contributed by atoms with Crippen molar-refractivity contribution in [2.45, 2.75) is 12.5 Å². The molecule has 0 aliphatic rings. The predicted molar refractivity (Wildman–Crippen MR) is 121 cm³/mol. The molecule has 33 heavy (non-hydrogen) atoms. The standard InChI is InChI=1S/C24H23N3O6/c1-32-14-17(11-16-4-7-18(28)8-5-16)26-23(29)22-13-20(24(30)31)19-12-15(3-2-10-33-25)6-9-21(19)27-22/h4-9,12-13,17,28H,10-11,14,25H2,1H3,(H,26,29)(H,30,31)/t17-/m0/s1. The molecule has 3 aromatic rings. The number of nitrogens with zero attached hydrogens (tertiary/aromatic N) is 1. The molecule has 9 heteroatoms. The van der Waals surface area contributed by atoms with E-state index >= 15 is 0 Å². The number of hydrogen-bond donors (Lipinski definition) is 4. The minimum absolute atomic E-state index is 0.0259. The van der Waals surface area contributed by atoms with Crippen molar-refractivity contribution in [3.63, 3.8) is 0 Å². The lowest BCUT2D eigenvalue weighted by Gasteiger charge is -2.18. The fourth-order valence-corrected chi connectivity index (χ4v) is 3.31. The highest BCUT2D eigenvalue weighted by molar-refractivity contribution is 6.06. The minimum atomic E-state index is -1.19. The van der Waals surface area contributed by atoms with Crippen LogP contribution in [0.15, 0.2) is 48.5 Å². The van der Waals surface area contributed by atoms with E-state index in [9.17, 15) is 19.8 Å². The first kappa shape index (κ1) is 23.7. The zero-order valence-electron chi connectivity index (χ0n) is 17.9. The Kier molecular flexibility index (Phi) is 7.94. The van der Waals surface area contributed by atoms with E-state index < -0.39 is 11.9 Å². The number of carboxylic acid groups (broad SMARTS) is 1. The maximum atomic E-state index is 12.9. The Bertz CT molecular complexity index is 1210. The van der Waals surface area contributed by atoms with Crippen LogP contribution in [0.3, 0.4) is 0 Å². The highest BCUT2D eigenvalue weighted by atomic mass is 16.6. The van der Waals surface area contributed by atoms with E-state index in [1.54, 1.807) is 42.5 Å². The van der Waals surface area contributed by atoms with Gasteiger partial charge in [-0.3, -0.25) is 9.63 Å². The number of carbonyl (C=O) groups excluding carboxylic acids is 1. The highest BCUT2D eigenvalue weighted by Gasteiger charge is 2.19. The number of hydrogen-bond acceptors (Lipinski definition) is 7. The maximum Gasteiger partial charge on any atom is 0.336 e. The van der Waals surface area contributed by atoms with Gasteiger partial charge in [-0.25, -0.2) is 15.7 Å². The summed E-state index contributed by atoms with van der Waals surface area (Å²) < 4.78 is 5.21. The van der Waals surface area contributed by atoms with Gasteiger partial charge >= 0.3 is 5.97 Å². The Balaban J connectivity index is 1.88. The topological polar surface area (TPSA) is 144 Å². The van der Waals surface area contributed by atoms with Crippen molar-refractivity contribution in [3.8, 4) is 17.6 Å². The quantitative estimate of drug-likeness (QED) is 0.301. The van der Waals surface area contributed by atoms with E-state index in [0.717, 1.165) is 5.56 Å². The lowest BCUT2D eigenvalue weighted by Crippen LogP contribution is -2.40. The van der Waals surface area contributed by atoms with Crippen LogP contribution in [0, 0.1) is 11.8 Å². The number of fused-ring (bicyclic) bond motifs is 1. The van der Waals surface area contributed by atoms with E-state index in [1.165, 1.54) is 13.2 Å². The summed E-state index contributed by atoms with van der Waals surface area (Å²) in [5, 5.41) is 22.4. The van der Waals surface area contributed by atoms with E-state index in [1.807, 2.05) is 0 Å². The fraction of sp³-hybridized carbons (Fsp3) is 0.208. The summed E-state index contributed by atoms with van der Waals surface area (Å²) in [6, 6.07) is 12.3. The Morgan fingerprint density at radius 2 is 1.94 bits per heavy atom. The number of nitrogens with two attached hydrogens (primary N) is 1. The summed E-state index contributed by atoms with van der Waals surface area (Å²) in [6.07, 6.45) is 0.452. The molecule has 0 fully saturated rings. The molecule has 0 aliphatic carbocycles. The summed E-state index contributed by atoms with van der Waals surface area (Å²) >= 11 is 0. The third kappa shape index (κ3) is 6.27. The summed E-state index contributed by atoms with van der Waals surface area (Å²) in [6.45, 7) is 0.272. The van der Waals surface area contributed by atoms with Crippen molar-refractivity contribution >= 4 is 22.8 Å². The molecule has 0 radical (unpaired) electrons.